The first kappa shape index (κ1) is 15.2. The normalized spacial score (nSPS) is 24.6. The average molecular weight is 281 g/mol. The van der Waals surface area contributed by atoms with E-state index in [9.17, 15) is 10.1 Å². The summed E-state index contributed by atoms with van der Waals surface area (Å²) in [6, 6.07) is 2.24. The Balaban J connectivity index is 1.84. The molecule has 0 bridgehead atoms. The van der Waals surface area contributed by atoms with Crippen molar-refractivity contribution in [2.24, 2.45) is 5.41 Å². The second-order valence-electron chi connectivity index (χ2n) is 5.59. The van der Waals surface area contributed by atoms with Gasteiger partial charge in [-0.3, -0.25) is 9.69 Å². The van der Waals surface area contributed by atoms with E-state index in [0.29, 0.717) is 26.1 Å². The van der Waals surface area contributed by atoms with Crippen LogP contribution in [0.4, 0.5) is 0 Å². The van der Waals surface area contributed by atoms with E-state index in [2.05, 4.69) is 16.3 Å². The quantitative estimate of drug-likeness (QED) is 0.793. The van der Waals surface area contributed by atoms with Crippen molar-refractivity contribution in [1.82, 2.24) is 10.2 Å². The molecule has 0 aromatic heterocycles. The highest BCUT2D eigenvalue weighted by molar-refractivity contribution is 5.85. The second kappa shape index (κ2) is 7.02. The Bertz CT molecular complexity index is 368. The number of nitriles is 1. The van der Waals surface area contributed by atoms with Gasteiger partial charge in [0.2, 0.25) is 5.91 Å². The van der Waals surface area contributed by atoms with Crippen LogP contribution in [-0.2, 0) is 14.3 Å². The van der Waals surface area contributed by atoms with E-state index in [4.69, 9.17) is 9.47 Å². The Morgan fingerprint density at radius 3 is 2.50 bits per heavy atom. The molecule has 20 heavy (non-hydrogen) atoms. The zero-order chi connectivity index (χ0) is 14.4. The van der Waals surface area contributed by atoms with E-state index >= 15 is 0 Å². The van der Waals surface area contributed by atoms with Gasteiger partial charge in [0.05, 0.1) is 19.3 Å². The molecule has 0 radical (unpaired) electrons. The number of amides is 1. The second-order valence-corrected chi connectivity index (χ2v) is 5.59. The predicted octanol–water partition coefficient (Wildman–Crippen LogP) is 0.144. The van der Waals surface area contributed by atoms with Gasteiger partial charge in [0.15, 0.2) is 0 Å². The molecule has 2 aliphatic heterocycles. The van der Waals surface area contributed by atoms with Crippen molar-refractivity contribution in [1.29, 1.82) is 5.26 Å². The third-order valence-electron chi connectivity index (χ3n) is 4.01. The van der Waals surface area contributed by atoms with Crippen molar-refractivity contribution in [2.75, 3.05) is 46.1 Å². The van der Waals surface area contributed by atoms with Gasteiger partial charge in [-0.25, -0.2) is 0 Å². The number of carbonyl (C=O) groups excluding carboxylic acids is 1. The van der Waals surface area contributed by atoms with E-state index < -0.39 is 5.41 Å². The first-order chi connectivity index (χ1) is 9.66. The highest BCUT2D eigenvalue weighted by Crippen LogP contribution is 2.29. The molecule has 6 nitrogen and oxygen atoms in total. The highest BCUT2D eigenvalue weighted by atomic mass is 16.5. The summed E-state index contributed by atoms with van der Waals surface area (Å²) in [5.41, 5.74) is -0.905. The van der Waals surface area contributed by atoms with E-state index in [1.54, 1.807) is 0 Å². The molecular weight excluding hydrogens is 258 g/mol. The lowest BCUT2D eigenvalue weighted by molar-refractivity contribution is -0.133. The zero-order valence-corrected chi connectivity index (χ0v) is 12.1. The lowest BCUT2D eigenvalue weighted by Gasteiger charge is -2.33. The number of hydrogen-bond donors (Lipinski definition) is 1. The fourth-order valence-electron chi connectivity index (χ4n) is 2.69. The minimum Gasteiger partial charge on any atom is -0.381 e. The van der Waals surface area contributed by atoms with Gasteiger partial charge in [0, 0.05) is 38.9 Å². The molecule has 1 amide bonds. The summed E-state index contributed by atoms with van der Waals surface area (Å²) in [7, 11) is 0. The monoisotopic (exact) mass is 281 g/mol. The Labute approximate surface area is 120 Å². The molecule has 1 N–H and O–H groups in total. The molecule has 0 aromatic carbocycles. The molecule has 2 fully saturated rings. The number of nitrogens with one attached hydrogen (secondary N) is 1. The number of nitrogens with zero attached hydrogens (tertiary/aromatic N) is 2. The average Bonchev–Trinajstić information content (AvgIpc) is 2.48. The lowest BCUT2D eigenvalue weighted by Crippen LogP contribution is -2.51. The van der Waals surface area contributed by atoms with Gasteiger partial charge in [-0.1, -0.05) is 0 Å². The van der Waals surface area contributed by atoms with Gasteiger partial charge >= 0.3 is 0 Å². The molecule has 0 aliphatic carbocycles. The standard InChI is InChI=1S/C14H23N3O3/c1-12(10-17-4-8-20-9-5-17)16-13(18)14(11-15)2-6-19-7-3-14/h12H,2-10H2,1H3,(H,16,18). The minimum atomic E-state index is -0.905. The Morgan fingerprint density at radius 2 is 1.90 bits per heavy atom. The summed E-state index contributed by atoms with van der Waals surface area (Å²) in [6.45, 7) is 7.05. The first-order valence-corrected chi connectivity index (χ1v) is 7.26. The molecule has 0 aromatic rings. The zero-order valence-electron chi connectivity index (χ0n) is 12.1. The van der Waals surface area contributed by atoms with Crippen LogP contribution in [0.1, 0.15) is 19.8 Å². The van der Waals surface area contributed by atoms with Crippen molar-refractivity contribution >= 4 is 5.91 Å². The molecule has 1 unspecified atom stereocenters. The fraction of sp³-hybridized carbons (Fsp3) is 0.857. The summed E-state index contributed by atoms with van der Waals surface area (Å²) in [4.78, 5) is 14.6. The molecule has 2 aliphatic rings. The summed E-state index contributed by atoms with van der Waals surface area (Å²) in [6.07, 6.45) is 0.971. The number of hydrogen-bond acceptors (Lipinski definition) is 5. The maximum atomic E-state index is 12.4. The van der Waals surface area contributed by atoms with Gasteiger partial charge in [0.25, 0.3) is 0 Å². The van der Waals surface area contributed by atoms with Gasteiger partial charge in [0.1, 0.15) is 5.41 Å². The Hall–Kier alpha value is -1.16. The number of ether oxygens (including phenoxy) is 2. The maximum absolute atomic E-state index is 12.4. The molecule has 0 spiro atoms. The van der Waals surface area contributed by atoms with Crippen molar-refractivity contribution in [3.05, 3.63) is 0 Å². The van der Waals surface area contributed by atoms with E-state index in [-0.39, 0.29) is 11.9 Å². The van der Waals surface area contributed by atoms with E-state index in [1.807, 2.05) is 6.92 Å². The van der Waals surface area contributed by atoms with Crippen LogP contribution < -0.4 is 5.32 Å². The van der Waals surface area contributed by atoms with E-state index in [0.717, 1.165) is 32.8 Å². The lowest BCUT2D eigenvalue weighted by atomic mass is 9.80. The predicted molar refractivity (Wildman–Crippen MR) is 73.0 cm³/mol. The van der Waals surface area contributed by atoms with Gasteiger partial charge in [-0.05, 0) is 19.8 Å². The van der Waals surface area contributed by atoms with E-state index in [1.165, 1.54) is 0 Å². The largest absolute Gasteiger partial charge is 0.381 e. The topological polar surface area (TPSA) is 74.6 Å². The van der Waals surface area contributed by atoms with Crippen molar-refractivity contribution in [3.8, 4) is 6.07 Å². The van der Waals surface area contributed by atoms with Crippen LogP contribution in [0.3, 0.4) is 0 Å². The Morgan fingerprint density at radius 1 is 1.30 bits per heavy atom. The van der Waals surface area contributed by atoms with Crippen LogP contribution in [-0.4, -0.2) is 62.9 Å². The molecule has 1 atom stereocenters. The molecule has 2 heterocycles. The molecule has 2 rings (SSSR count). The summed E-state index contributed by atoms with van der Waals surface area (Å²) < 4.78 is 10.6. The third-order valence-corrected chi connectivity index (χ3v) is 4.01. The highest BCUT2D eigenvalue weighted by Gasteiger charge is 2.40. The van der Waals surface area contributed by atoms with Crippen LogP contribution in [0.5, 0.6) is 0 Å². The van der Waals surface area contributed by atoms with Crippen LogP contribution in [0.25, 0.3) is 0 Å². The molecule has 2 saturated heterocycles. The number of morpholine rings is 1. The summed E-state index contributed by atoms with van der Waals surface area (Å²) in [5.74, 6) is -0.149. The Kier molecular flexibility index (Phi) is 5.35. The van der Waals surface area contributed by atoms with Crippen molar-refractivity contribution in [3.63, 3.8) is 0 Å². The van der Waals surface area contributed by atoms with Gasteiger partial charge in [-0.15, -0.1) is 0 Å². The van der Waals surface area contributed by atoms with Crippen molar-refractivity contribution in [2.45, 2.75) is 25.8 Å². The first-order valence-electron chi connectivity index (χ1n) is 7.26. The fourth-order valence-corrected chi connectivity index (χ4v) is 2.69. The molecule has 6 heteroatoms. The number of carbonyl (C=O) groups is 1. The van der Waals surface area contributed by atoms with Gasteiger partial charge in [-0.2, -0.15) is 5.26 Å². The molecule has 112 valence electrons. The van der Waals surface area contributed by atoms with Crippen LogP contribution in [0.15, 0.2) is 0 Å². The SMILES string of the molecule is CC(CN1CCOCC1)NC(=O)C1(C#N)CCOCC1. The smallest absolute Gasteiger partial charge is 0.240 e. The minimum absolute atomic E-state index is 0.0358. The molecular formula is C14H23N3O3. The van der Waals surface area contributed by atoms with Gasteiger partial charge < -0.3 is 14.8 Å². The van der Waals surface area contributed by atoms with Crippen molar-refractivity contribution < 1.29 is 14.3 Å². The maximum Gasteiger partial charge on any atom is 0.240 e. The van der Waals surface area contributed by atoms with Crippen LogP contribution in [0, 0.1) is 16.7 Å². The third kappa shape index (κ3) is 3.69. The summed E-state index contributed by atoms with van der Waals surface area (Å²) >= 11 is 0. The van der Waals surface area contributed by atoms with Crippen LogP contribution >= 0.6 is 0 Å². The summed E-state index contributed by atoms with van der Waals surface area (Å²) in [5, 5.41) is 12.3. The van der Waals surface area contributed by atoms with Crippen LogP contribution in [0.2, 0.25) is 0 Å². The number of rotatable bonds is 4. The molecule has 0 saturated carbocycles.